The molecule has 1 aromatic carbocycles. The van der Waals surface area contributed by atoms with Gasteiger partial charge >= 0.3 is 0 Å². The maximum absolute atomic E-state index is 12.8. The molecule has 0 spiro atoms. The Morgan fingerprint density at radius 2 is 1.90 bits per heavy atom. The SMILES string of the molecule is COc1ccc(Br)cc1CNC(=O)[C@H]1CCCN(c2ccc(N3CCOCC3)nn2)C1. The molecule has 1 N–H and O–H groups in total. The lowest BCUT2D eigenvalue weighted by atomic mass is 9.97. The first-order valence-electron chi connectivity index (χ1n) is 10.7. The van der Waals surface area contributed by atoms with Crippen molar-refractivity contribution < 1.29 is 14.3 Å². The molecule has 1 amide bonds. The Bertz CT molecular complexity index is 889. The number of rotatable bonds is 6. The van der Waals surface area contributed by atoms with E-state index < -0.39 is 0 Å². The van der Waals surface area contributed by atoms with Gasteiger partial charge in [0.2, 0.25) is 5.91 Å². The Labute approximate surface area is 191 Å². The number of hydrogen-bond acceptors (Lipinski definition) is 7. The third-order valence-electron chi connectivity index (χ3n) is 5.78. The summed E-state index contributed by atoms with van der Waals surface area (Å²) in [7, 11) is 1.64. The highest BCUT2D eigenvalue weighted by Crippen LogP contribution is 2.25. The van der Waals surface area contributed by atoms with Crippen molar-refractivity contribution in [2.75, 3.05) is 56.3 Å². The first kappa shape index (κ1) is 21.8. The van der Waals surface area contributed by atoms with E-state index in [-0.39, 0.29) is 11.8 Å². The highest BCUT2D eigenvalue weighted by atomic mass is 79.9. The van der Waals surface area contributed by atoms with Crippen LogP contribution >= 0.6 is 15.9 Å². The van der Waals surface area contributed by atoms with Gasteiger partial charge in [-0.3, -0.25) is 4.79 Å². The lowest BCUT2D eigenvalue weighted by molar-refractivity contribution is -0.125. The van der Waals surface area contributed by atoms with Crippen LogP contribution in [0.2, 0.25) is 0 Å². The van der Waals surface area contributed by atoms with E-state index in [1.807, 2.05) is 30.3 Å². The molecule has 166 valence electrons. The van der Waals surface area contributed by atoms with E-state index in [0.717, 1.165) is 73.1 Å². The van der Waals surface area contributed by atoms with Crippen molar-refractivity contribution in [1.29, 1.82) is 0 Å². The van der Waals surface area contributed by atoms with Crippen LogP contribution in [0.3, 0.4) is 0 Å². The third kappa shape index (κ3) is 5.46. The molecule has 0 saturated carbocycles. The summed E-state index contributed by atoms with van der Waals surface area (Å²) in [5, 5.41) is 11.9. The second-order valence-corrected chi connectivity index (χ2v) is 8.72. The average Bonchev–Trinajstić information content (AvgIpc) is 2.83. The summed E-state index contributed by atoms with van der Waals surface area (Å²) in [5.74, 6) is 2.45. The van der Waals surface area contributed by atoms with Gasteiger partial charge < -0.3 is 24.6 Å². The molecule has 1 atom stereocenters. The van der Waals surface area contributed by atoms with E-state index in [4.69, 9.17) is 9.47 Å². The van der Waals surface area contributed by atoms with Crippen LogP contribution in [0.15, 0.2) is 34.8 Å². The Kier molecular flexibility index (Phi) is 7.24. The van der Waals surface area contributed by atoms with Gasteiger partial charge in [0.1, 0.15) is 5.75 Å². The molecule has 2 fully saturated rings. The maximum Gasteiger partial charge on any atom is 0.225 e. The maximum atomic E-state index is 12.8. The van der Waals surface area contributed by atoms with E-state index in [1.165, 1.54) is 0 Å². The fourth-order valence-electron chi connectivity index (χ4n) is 4.06. The number of ether oxygens (including phenoxy) is 2. The number of carbonyl (C=O) groups excluding carboxylic acids is 1. The van der Waals surface area contributed by atoms with Crippen molar-refractivity contribution in [3.8, 4) is 5.75 Å². The Morgan fingerprint density at radius 3 is 2.61 bits per heavy atom. The smallest absolute Gasteiger partial charge is 0.225 e. The van der Waals surface area contributed by atoms with Crippen molar-refractivity contribution >= 4 is 33.5 Å². The van der Waals surface area contributed by atoms with Gasteiger partial charge in [-0.15, -0.1) is 10.2 Å². The van der Waals surface area contributed by atoms with Gasteiger partial charge in [0, 0.05) is 42.8 Å². The second-order valence-electron chi connectivity index (χ2n) is 7.81. The Balaban J connectivity index is 1.34. The number of aromatic nitrogens is 2. The predicted octanol–water partition coefficient (Wildman–Crippen LogP) is 2.62. The molecule has 2 aliphatic heterocycles. The molecule has 2 saturated heterocycles. The molecule has 2 aliphatic rings. The van der Waals surface area contributed by atoms with Gasteiger partial charge in [-0.05, 0) is 43.2 Å². The number of hydrogen-bond donors (Lipinski definition) is 1. The van der Waals surface area contributed by atoms with Crippen LogP contribution in [0.25, 0.3) is 0 Å². The summed E-state index contributed by atoms with van der Waals surface area (Å²) < 4.78 is 11.8. The lowest BCUT2D eigenvalue weighted by Crippen LogP contribution is -2.43. The first-order valence-corrected chi connectivity index (χ1v) is 11.4. The monoisotopic (exact) mass is 489 g/mol. The van der Waals surface area contributed by atoms with Crippen LogP contribution in [0.1, 0.15) is 18.4 Å². The molecule has 0 bridgehead atoms. The predicted molar refractivity (Wildman–Crippen MR) is 123 cm³/mol. The normalized spacial score (nSPS) is 19.2. The number of morpholine rings is 1. The first-order chi connectivity index (χ1) is 15.1. The minimum Gasteiger partial charge on any atom is -0.496 e. The summed E-state index contributed by atoms with van der Waals surface area (Å²) in [4.78, 5) is 17.2. The van der Waals surface area contributed by atoms with Gasteiger partial charge in [0.15, 0.2) is 11.6 Å². The van der Waals surface area contributed by atoms with Crippen molar-refractivity contribution in [1.82, 2.24) is 15.5 Å². The van der Waals surface area contributed by atoms with Crippen LogP contribution in [0, 0.1) is 5.92 Å². The summed E-state index contributed by atoms with van der Waals surface area (Å²) >= 11 is 3.48. The van der Waals surface area contributed by atoms with E-state index in [1.54, 1.807) is 7.11 Å². The number of benzene rings is 1. The summed E-state index contributed by atoms with van der Waals surface area (Å²) in [6.45, 7) is 5.08. The Hall–Kier alpha value is -2.39. The second kappa shape index (κ2) is 10.3. The van der Waals surface area contributed by atoms with E-state index in [9.17, 15) is 4.79 Å². The molecule has 9 heteroatoms. The fraction of sp³-hybridized carbons (Fsp3) is 0.500. The molecule has 31 heavy (non-hydrogen) atoms. The third-order valence-corrected chi connectivity index (χ3v) is 6.28. The van der Waals surface area contributed by atoms with Crippen LogP contribution in [-0.2, 0) is 16.1 Å². The summed E-state index contributed by atoms with van der Waals surface area (Å²) in [5.41, 5.74) is 0.947. The van der Waals surface area contributed by atoms with Gasteiger partial charge in [-0.1, -0.05) is 15.9 Å². The number of nitrogens with zero attached hydrogens (tertiary/aromatic N) is 4. The van der Waals surface area contributed by atoms with Gasteiger partial charge in [0.25, 0.3) is 0 Å². The number of methoxy groups -OCH3 is 1. The molecule has 3 heterocycles. The number of nitrogens with one attached hydrogen (secondary N) is 1. The summed E-state index contributed by atoms with van der Waals surface area (Å²) in [6.07, 6.45) is 1.82. The molecule has 1 aromatic heterocycles. The van der Waals surface area contributed by atoms with Crippen LogP contribution in [-0.4, -0.2) is 62.6 Å². The van der Waals surface area contributed by atoms with E-state index in [0.29, 0.717) is 13.1 Å². The van der Waals surface area contributed by atoms with Gasteiger partial charge in [-0.2, -0.15) is 0 Å². The molecule has 4 rings (SSSR count). The number of anilines is 2. The van der Waals surface area contributed by atoms with Gasteiger partial charge in [0.05, 0.1) is 26.2 Å². The Morgan fingerprint density at radius 1 is 1.16 bits per heavy atom. The quantitative estimate of drug-likeness (QED) is 0.667. The van der Waals surface area contributed by atoms with Crippen LogP contribution in [0.5, 0.6) is 5.75 Å². The van der Waals surface area contributed by atoms with Crippen molar-refractivity contribution in [3.63, 3.8) is 0 Å². The fourth-order valence-corrected chi connectivity index (χ4v) is 4.47. The zero-order valence-electron chi connectivity index (χ0n) is 17.7. The standard InChI is InChI=1S/C22H28BrN5O3/c1-30-19-5-4-18(23)13-17(19)14-24-22(29)16-3-2-8-28(15-16)21-7-6-20(25-26-21)27-9-11-31-12-10-27/h4-7,13,16H,2-3,8-12,14-15H2,1H3,(H,24,29)/t16-/m0/s1. The summed E-state index contributed by atoms with van der Waals surface area (Å²) in [6, 6.07) is 9.81. The topological polar surface area (TPSA) is 79.8 Å². The minimum absolute atomic E-state index is 0.0598. The van der Waals surface area contributed by atoms with Crippen molar-refractivity contribution in [2.45, 2.75) is 19.4 Å². The van der Waals surface area contributed by atoms with Crippen LogP contribution in [0.4, 0.5) is 11.6 Å². The molecule has 0 unspecified atom stereocenters. The number of piperidine rings is 1. The molecule has 0 aliphatic carbocycles. The van der Waals surface area contributed by atoms with Crippen molar-refractivity contribution in [2.24, 2.45) is 5.92 Å². The molecule has 8 nitrogen and oxygen atoms in total. The molecule has 2 aromatic rings. The van der Waals surface area contributed by atoms with Crippen molar-refractivity contribution in [3.05, 3.63) is 40.4 Å². The zero-order chi connectivity index (χ0) is 21.6. The molecular formula is C22H28BrN5O3. The average molecular weight is 490 g/mol. The largest absolute Gasteiger partial charge is 0.496 e. The van der Waals surface area contributed by atoms with Crippen LogP contribution < -0.4 is 19.9 Å². The lowest BCUT2D eigenvalue weighted by Gasteiger charge is -2.33. The minimum atomic E-state index is -0.0763. The molecular weight excluding hydrogens is 462 g/mol. The highest BCUT2D eigenvalue weighted by Gasteiger charge is 2.27. The number of carbonyl (C=O) groups is 1. The van der Waals surface area contributed by atoms with E-state index >= 15 is 0 Å². The van der Waals surface area contributed by atoms with E-state index in [2.05, 4.69) is 41.2 Å². The highest BCUT2D eigenvalue weighted by molar-refractivity contribution is 9.10. The molecule has 0 radical (unpaired) electrons. The number of halogens is 1. The number of amides is 1. The zero-order valence-corrected chi connectivity index (χ0v) is 19.3. The van der Waals surface area contributed by atoms with Gasteiger partial charge in [-0.25, -0.2) is 0 Å².